The molecule has 1 aliphatic rings. The second kappa shape index (κ2) is 10.8. The van der Waals surface area contributed by atoms with Crippen LogP contribution >= 0.6 is 11.8 Å². The van der Waals surface area contributed by atoms with E-state index in [1.165, 1.54) is 19.1 Å². The molecular formula is C19H24N4O7S2. The zero-order valence-corrected chi connectivity index (χ0v) is 19.3. The Balaban J connectivity index is 1.96. The van der Waals surface area contributed by atoms with Crippen molar-refractivity contribution in [3.05, 3.63) is 28.3 Å². The van der Waals surface area contributed by atoms with Crippen LogP contribution in [0.15, 0.2) is 28.0 Å². The first-order chi connectivity index (χ1) is 15.0. The summed E-state index contributed by atoms with van der Waals surface area (Å²) in [6, 6.07) is 5.52. The number of benzene rings is 1. The highest BCUT2D eigenvalue weighted by Crippen LogP contribution is 2.30. The molecule has 0 saturated heterocycles. The molecule has 2 N–H and O–H groups in total. The summed E-state index contributed by atoms with van der Waals surface area (Å²) in [5.74, 6) is -1.66. The summed E-state index contributed by atoms with van der Waals surface area (Å²) < 4.78 is 31.8. The highest BCUT2D eigenvalue weighted by molar-refractivity contribution is 7.98. The van der Waals surface area contributed by atoms with E-state index in [-0.39, 0.29) is 10.6 Å². The lowest BCUT2D eigenvalue weighted by atomic mass is 9.83. The van der Waals surface area contributed by atoms with Crippen molar-refractivity contribution in [3.63, 3.8) is 0 Å². The van der Waals surface area contributed by atoms with E-state index in [4.69, 9.17) is 4.74 Å². The number of amides is 1. The van der Waals surface area contributed by atoms with Crippen molar-refractivity contribution in [3.8, 4) is 6.07 Å². The number of hydrogen-bond acceptors (Lipinski definition) is 9. The minimum atomic E-state index is -4.24. The molecule has 1 amide bonds. The van der Waals surface area contributed by atoms with E-state index in [1.54, 1.807) is 6.26 Å². The van der Waals surface area contributed by atoms with Crippen LogP contribution in [-0.2, 0) is 24.3 Å². The number of esters is 1. The van der Waals surface area contributed by atoms with E-state index in [0.29, 0.717) is 17.7 Å². The Kier molecular flexibility index (Phi) is 8.59. The first-order valence-corrected chi connectivity index (χ1v) is 12.5. The number of sulfonamides is 1. The van der Waals surface area contributed by atoms with Gasteiger partial charge in [-0.3, -0.25) is 19.7 Å². The lowest BCUT2D eigenvalue weighted by Gasteiger charge is -2.32. The van der Waals surface area contributed by atoms with Gasteiger partial charge < -0.3 is 10.1 Å². The molecule has 0 aromatic heterocycles. The van der Waals surface area contributed by atoms with Gasteiger partial charge in [0.05, 0.1) is 20.8 Å². The van der Waals surface area contributed by atoms with Crippen molar-refractivity contribution >= 4 is 39.3 Å². The Hall–Kier alpha value is -2.69. The number of thioether (sulfide) groups is 1. The maximum Gasteiger partial charge on any atom is 0.321 e. The van der Waals surface area contributed by atoms with Gasteiger partial charge in [-0.25, -0.2) is 8.42 Å². The Morgan fingerprint density at radius 1 is 1.34 bits per heavy atom. The minimum absolute atomic E-state index is 0.293. The van der Waals surface area contributed by atoms with Crippen LogP contribution in [0.2, 0.25) is 0 Å². The molecule has 0 heterocycles. The SMILES string of the molecule is CSc1ccc(S(=O)(=O)NCC(=O)O[C@@H](C)C(=O)NC2(C#N)CCCCC2)cc1[N+](=O)[O-]. The van der Waals surface area contributed by atoms with Crippen molar-refractivity contribution in [2.75, 3.05) is 12.8 Å². The summed E-state index contributed by atoms with van der Waals surface area (Å²) in [6.07, 6.45) is 4.00. The summed E-state index contributed by atoms with van der Waals surface area (Å²) in [7, 11) is -4.24. The minimum Gasteiger partial charge on any atom is -0.452 e. The second-order valence-corrected chi connectivity index (χ2v) is 9.91. The quantitative estimate of drug-likeness (QED) is 0.230. The Morgan fingerprint density at radius 2 is 2.00 bits per heavy atom. The third-order valence-corrected chi connectivity index (χ3v) is 7.21. The predicted octanol–water partition coefficient (Wildman–Crippen LogP) is 1.87. The molecule has 0 bridgehead atoms. The molecule has 0 radical (unpaired) electrons. The third-order valence-electron chi connectivity index (χ3n) is 5.02. The number of rotatable bonds is 9. The number of hydrogen-bond donors (Lipinski definition) is 2. The van der Waals surface area contributed by atoms with Crippen molar-refractivity contribution in [2.24, 2.45) is 0 Å². The van der Waals surface area contributed by atoms with Crippen molar-refractivity contribution in [1.82, 2.24) is 10.0 Å². The van der Waals surface area contributed by atoms with Gasteiger partial charge in [0.15, 0.2) is 6.10 Å². The molecule has 1 aromatic carbocycles. The molecule has 1 aromatic rings. The maximum absolute atomic E-state index is 12.4. The molecule has 0 spiro atoms. The standard InChI is InChI=1S/C19H24N4O7S2/c1-13(18(25)22-19(12-20)8-4-3-5-9-19)30-17(24)11-21-32(28,29)14-6-7-16(31-2)15(10-14)23(26)27/h6-7,10,13,21H,3-5,8-9,11H2,1-2H3,(H,22,25)/t13-/m0/s1. The highest BCUT2D eigenvalue weighted by Gasteiger charge is 2.35. The predicted molar refractivity (Wildman–Crippen MR) is 115 cm³/mol. The number of nitrogens with one attached hydrogen (secondary N) is 2. The number of carbonyl (C=O) groups excluding carboxylic acids is 2. The number of nitriles is 1. The third kappa shape index (κ3) is 6.41. The van der Waals surface area contributed by atoms with Gasteiger partial charge >= 0.3 is 5.97 Å². The Labute approximate surface area is 190 Å². The summed E-state index contributed by atoms with van der Waals surface area (Å²) in [4.78, 5) is 34.8. The normalized spacial score (nSPS) is 16.4. The highest BCUT2D eigenvalue weighted by atomic mass is 32.2. The molecule has 0 unspecified atom stereocenters. The molecule has 32 heavy (non-hydrogen) atoms. The van der Waals surface area contributed by atoms with E-state index in [2.05, 4.69) is 11.4 Å². The molecule has 13 heteroatoms. The molecule has 1 aliphatic carbocycles. The molecule has 1 saturated carbocycles. The fourth-order valence-corrected chi connectivity index (χ4v) is 4.80. The summed E-state index contributed by atoms with van der Waals surface area (Å²) >= 11 is 1.10. The van der Waals surface area contributed by atoms with Crippen LogP contribution in [0, 0.1) is 21.4 Å². The fraction of sp³-hybridized carbons (Fsp3) is 0.526. The molecule has 1 fully saturated rings. The van der Waals surface area contributed by atoms with Crippen molar-refractivity contribution in [1.29, 1.82) is 5.26 Å². The van der Waals surface area contributed by atoms with Crippen molar-refractivity contribution < 1.29 is 27.7 Å². The van der Waals surface area contributed by atoms with Crippen LogP contribution < -0.4 is 10.0 Å². The Bertz CT molecular complexity index is 1030. The topological polar surface area (TPSA) is 168 Å². The average molecular weight is 485 g/mol. The number of carbonyl (C=O) groups is 2. The van der Waals surface area contributed by atoms with Gasteiger partial charge in [-0.05, 0) is 38.2 Å². The van der Waals surface area contributed by atoms with E-state index in [1.807, 2.05) is 4.72 Å². The molecule has 174 valence electrons. The fourth-order valence-electron chi connectivity index (χ4n) is 3.27. The summed E-state index contributed by atoms with van der Waals surface area (Å²) in [6.45, 7) is 0.543. The zero-order chi connectivity index (χ0) is 23.9. The van der Waals surface area contributed by atoms with Gasteiger partial charge in [-0.15, -0.1) is 11.8 Å². The van der Waals surface area contributed by atoms with Crippen LogP contribution in [0.25, 0.3) is 0 Å². The largest absolute Gasteiger partial charge is 0.452 e. The van der Waals surface area contributed by atoms with Crippen LogP contribution in [-0.4, -0.2) is 49.7 Å². The molecule has 0 aliphatic heterocycles. The Morgan fingerprint density at radius 3 is 2.56 bits per heavy atom. The molecule has 2 rings (SSSR count). The van der Waals surface area contributed by atoms with Gasteiger partial charge in [0, 0.05) is 6.07 Å². The summed E-state index contributed by atoms with van der Waals surface area (Å²) in [5, 5.41) is 23.2. The maximum atomic E-state index is 12.4. The van der Waals surface area contributed by atoms with Crippen LogP contribution in [0.5, 0.6) is 0 Å². The van der Waals surface area contributed by atoms with E-state index >= 15 is 0 Å². The van der Waals surface area contributed by atoms with Gasteiger partial charge in [-0.1, -0.05) is 19.3 Å². The first-order valence-electron chi connectivity index (χ1n) is 9.78. The molecule has 1 atom stereocenters. The van der Waals surface area contributed by atoms with E-state index in [0.717, 1.165) is 37.1 Å². The monoisotopic (exact) mass is 484 g/mol. The van der Waals surface area contributed by atoms with Crippen LogP contribution in [0.4, 0.5) is 5.69 Å². The van der Waals surface area contributed by atoms with Crippen LogP contribution in [0.3, 0.4) is 0 Å². The van der Waals surface area contributed by atoms with Gasteiger partial charge in [0.2, 0.25) is 10.0 Å². The lowest BCUT2D eigenvalue weighted by molar-refractivity contribution is -0.388. The second-order valence-electron chi connectivity index (χ2n) is 7.29. The molecular weight excluding hydrogens is 460 g/mol. The van der Waals surface area contributed by atoms with Crippen LogP contribution in [0.1, 0.15) is 39.0 Å². The van der Waals surface area contributed by atoms with E-state index < -0.39 is 45.0 Å². The summed E-state index contributed by atoms with van der Waals surface area (Å²) in [5.41, 5.74) is -1.36. The first kappa shape index (κ1) is 25.6. The number of nitro benzene ring substituents is 1. The number of nitro groups is 1. The smallest absolute Gasteiger partial charge is 0.321 e. The molecule has 11 nitrogen and oxygen atoms in total. The van der Waals surface area contributed by atoms with Gasteiger partial charge in [0.25, 0.3) is 11.6 Å². The van der Waals surface area contributed by atoms with E-state index in [9.17, 15) is 33.4 Å². The van der Waals surface area contributed by atoms with Gasteiger partial charge in [0.1, 0.15) is 12.1 Å². The number of ether oxygens (including phenoxy) is 1. The lowest BCUT2D eigenvalue weighted by Crippen LogP contribution is -2.52. The van der Waals surface area contributed by atoms with Crippen molar-refractivity contribution in [2.45, 2.75) is 60.5 Å². The zero-order valence-electron chi connectivity index (χ0n) is 17.6. The van der Waals surface area contributed by atoms with Gasteiger partial charge in [-0.2, -0.15) is 9.98 Å². The average Bonchev–Trinajstić information content (AvgIpc) is 2.77. The number of nitrogens with zero attached hydrogens (tertiary/aromatic N) is 2.